The average Bonchev–Trinajstić information content (AvgIpc) is 1.68. The van der Waals surface area contributed by atoms with Gasteiger partial charge in [0.1, 0.15) is 0 Å². The number of rotatable bonds is 3. The lowest BCUT2D eigenvalue weighted by Crippen LogP contribution is -2.01. The highest BCUT2D eigenvalue weighted by Crippen LogP contribution is 1.89. The molecule has 0 aromatic rings. The van der Waals surface area contributed by atoms with Crippen LogP contribution in [0.3, 0.4) is 0 Å². The molecule has 12 heavy (non-hydrogen) atoms. The molecule has 0 aliphatic rings. The second-order valence-electron chi connectivity index (χ2n) is 1.56. The summed E-state index contributed by atoms with van der Waals surface area (Å²) in [5.41, 5.74) is 0. The van der Waals surface area contributed by atoms with E-state index in [-0.39, 0.29) is 35.7 Å². The molecule has 0 saturated carbocycles. The minimum Gasteiger partial charge on any atom is -0.466 e. The van der Waals surface area contributed by atoms with Gasteiger partial charge in [-0.2, -0.15) is 0 Å². The molecule has 0 aromatic carbocycles. The van der Waals surface area contributed by atoms with Gasteiger partial charge in [-0.05, 0) is 13.3 Å². The van der Waals surface area contributed by atoms with Gasteiger partial charge >= 0.3 is 5.97 Å². The second-order valence-corrected chi connectivity index (χ2v) is 1.56. The Morgan fingerprint density at radius 1 is 1.08 bits per heavy atom. The van der Waals surface area contributed by atoms with E-state index in [2.05, 4.69) is 4.74 Å². The van der Waals surface area contributed by atoms with Crippen LogP contribution in [0, 0.1) is 0 Å². The van der Waals surface area contributed by atoms with Crippen molar-refractivity contribution in [2.24, 2.45) is 0 Å². The topological polar surface area (TPSA) is 26.3 Å². The first-order valence-electron chi connectivity index (χ1n) is 2.96. The van der Waals surface area contributed by atoms with Crippen molar-refractivity contribution in [2.75, 3.05) is 6.61 Å². The number of hydrogen-bond donors (Lipinski definition) is 0. The van der Waals surface area contributed by atoms with Crippen molar-refractivity contribution in [1.82, 2.24) is 0 Å². The summed E-state index contributed by atoms with van der Waals surface area (Å²) in [5, 5.41) is 0. The number of esters is 1. The summed E-state index contributed by atoms with van der Waals surface area (Å²) in [6, 6.07) is 0. The summed E-state index contributed by atoms with van der Waals surface area (Å²) in [6.45, 7) is 4.27. The van der Waals surface area contributed by atoms with Gasteiger partial charge in [-0.15, -0.1) is 0 Å². The Morgan fingerprint density at radius 3 is 1.75 bits per heavy atom. The molecular formula is C10H28O2. The maximum atomic E-state index is 10.4. The smallest absolute Gasteiger partial charge is 0.305 e. The highest BCUT2D eigenvalue weighted by Gasteiger charge is 1.95. The van der Waals surface area contributed by atoms with Gasteiger partial charge < -0.3 is 4.74 Å². The predicted octanol–water partition coefficient (Wildman–Crippen LogP) is 3.89. The Kier molecular flexibility index (Phi) is 56.1. The molecule has 0 aliphatic heterocycles. The fourth-order valence-electron chi connectivity index (χ4n) is 0.437. The maximum Gasteiger partial charge on any atom is 0.305 e. The fourth-order valence-corrected chi connectivity index (χ4v) is 0.437. The van der Waals surface area contributed by atoms with Gasteiger partial charge in [0.05, 0.1) is 6.61 Å². The van der Waals surface area contributed by atoms with Crippen molar-refractivity contribution in [2.45, 2.75) is 56.4 Å². The van der Waals surface area contributed by atoms with Gasteiger partial charge in [-0.3, -0.25) is 4.79 Å². The number of carbonyl (C=O) groups is 1. The van der Waals surface area contributed by atoms with Crippen LogP contribution < -0.4 is 0 Å². The summed E-state index contributed by atoms with van der Waals surface area (Å²) in [5.74, 6) is -0.0880. The van der Waals surface area contributed by atoms with Gasteiger partial charge in [0, 0.05) is 6.42 Å². The summed E-state index contributed by atoms with van der Waals surface area (Å²) < 4.78 is 4.64. The number of hydrogen-bond acceptors (Lipinski definition) is 2. The molecule has 0 N–H and O–H groups in total. The molecule has 80 valence electrons. The molecule has 0 fully saturated rings. The third-order valence-electron chi connectivity index (χ3n) is 0.759. The van der Waals surface area contributed by atoms with E-state index in [1.165, 1.54) is 0 Å². The highest BCUT2D eigenvalue weighted by molar-refractivity contribution is 5.69. The minimum atomic E-state index is -0.0880. The Hall–Kier alpha value is -0.530. The molecule has 0 bridgehead atoms. The van der Waals surface area contributed by atoms with Gasteiger partial charge in [-0.1, -0.05) is 36.6 Å². The van der Waals surface area contributed by atoms with E-state index in [0.29, 0.717) is 13.0 Å². The Labute approximate surface area is 79.3 Å². The molecule has 0 heterocycles. The zero-order valence-corrected chi connectivity index (χ0v) is 5.44. The lowest BCUT2D eigenvalue weighted by atomic mass is 10.3. The second kappa shape index (κ2) is 22.4. The highest BCUT2D eigenvalue weighted by atomic mass is 16.5. The summed E-state index contributed by atoms with van der Waals surface area (Å²) in [4.78, 5) is 10.4. The molecule has 0 aliphatic carbocycles. The molecule has 0 atom stereocenters. The molecule has 0 spiro atoms. The van der Waals surface area contributed by atoms with Crippen LogP contribution in [-0.2, 0) is 9.53 Å². The Balaban J connectivity index is -0.0000000408. The predicted molar refractivity (Wildman–Crippen MR) is 58.5 cm³/mol. The van der Waals surface area contributed by atoms with E-state index < -0.39 is 0 Å². The lowest BCUT2D eigenvalue weighted by molar-refractivity contribution is -0.143. The standard InChI is InChI=1S/C6H12O2.4CH4/c1-3-5-6(7)8-4-2;;;;/h3-5H2,1-2H3;4*1H4. The SMILES string of the molecule is C.C.C.C.CCCC(=O)OCC. The zero-order valence-electron chi connectivity index (χ0n) is 5.44. The fraction of sp³-hybridized carbons (Fsp3) is 0.900. The van der Waals surface area contributed by atoms with Crippen LogP contribution in [0.1, 0.15) is 56.4 Å². The molecule has 0 amide bonds. The van der Waals surface area contributed by atoms with Crippen LogP contribution in [0.15, 0.2) is 0 Å². The van der Waals surface area contributed by atoms with Crippen molar-refractivity contribution in [3.05, 3.63) is 0 Å². The van der Waals surface area contributed by atoms with Crippen LogP contribution in [-0.4, -0.2) is 12.6 Å². The zero-order chi connectivity index (χ0) is 6.41. The maximum absolute atomic E-state index is 10.4. The summed E-state index contributed by atoms with van der Waals surface area (Å²) >= 11 is 0. The quantitative estimate of drug-likeness (QED) is 0.616. The van der Waals surface area contributed by atoms with Crippen LogP contribution in [0.25, 0.3) is 0 Å². The Bertz CT molecular complexity index is 62.2. The Morgan fingerprint density at radius 2 is 1.50 bits per heavy atom. The van der Waals surface area contributed by atoms with Crippen LogP contribution >= 0.6 is 0 Å². The molecule has 0 rings (SSSR count). The summed E-state index contributed by atoms with van der Waals surface area (Å²) in [6.07, 6.45) is 1.42. The normalized spacial score (nSPS) is 5.83. The molecule has 0 radical (unpaired) electrons. The van der Waals surface area contributed by atoms with E-state index in [0.717, 1.165) is 6.42 Å². The molecule has 0 aromatic heterocycles. The van der Waals surface area contributed by atoms with E-state index in [1.54, 1.807) is 0 Å². The molecular weight excluding hydrogens is 152 g/mol. The van der Waals surface area contributed by atoms with Crippen LogP contribution in [0.4, 0.5) is 0 Å². The molecule has 0 saturated heterocycles. The monoisotopic (exact) mass is 180 g/mol. The van der Waals surface area contributed by atoms with Crippen molar-refractivity contribution in [3.63, 3.8) is 0 Å². The van der Waals surface area contributed by atoms with Crippen LogP contribution in [0.2, 0.25) is 0 Å². The first kappa shape index (κ1) is 30.0. The van der Waals surface area contributed by atoms with Gasteiger partial charge in [0.2, 0.25) is 0 Å². The van der Waals surface area contributed by atoms with Gasteiger partial charge in [0.15, 0.2) is 0 Å². The number of carbonyl (C=O) groups excluding carboxylic acids is 1. The summed E-state index contributed by atoms with van der Waals surface area (Å²) in [7, 11) is 0. The van der Waals surface area contributed by atoms with E-state index >= 15 is 0 Å². The lowest BCUT2D eigenvalue weighted by Gasteiger charge is -1.96. The largest absolute Gasteiger partial charge is 0.466 e. The van der Waals surface area contributed by atoms with Crippen molar-refractivity contribution >= 4 is 5.97 Å². The van der Waals surface area contributed by atoms with Gasteiger partial charge in [-0.25, -0.2) is 0 Å². The third-order valence-corrected chi connectivity index (χ3v) is 0.759. The molecule has 0 unspecified atom stereocenters. The molecule has 2 nitrogen and oxygen atoms in total. The van der Waals surface area contributed by atoms with Crippen molar-refractivity contribution < 1.29 is 9.53 Å². The molecule has 2 heteroatoms. The third kappa shape index (κ3) is 22.7. The van der Waals surface area contributed by atoms with E-state index in [4.69, 9.17) is 0 Å². The number of ether oxygens (including phenoxy) is 1. The average molecular weight is 180 g/mol. The van der Waals surface area contributed by atoms with E-state index in [9.17, 15) is 4.79 Å². The first-order chi connectivity index (χ1) is 3.81. The minimum absolute atomic E-state index is 0. The van der Waals surface area contributed by atoms with Crippen LogP contribution in [0.5, 0.6) is 0 Å². The van der Waals surface area contributed by atoms with E-state index in [1.807, 2.05) is 13.8 Å². The first-order valence-corrected chi connectivity index (χ1v) is 2.96. The van der Waals surface area contributed by atoms with Gasteiger partial charge in [0.25, 0.3) is 0 Å². The van der Waals surface area contributed by atoms with Crippen molar-refractivity contribution in [1.29, 1.82) is 0 Å². The van der Waals surface area contributed by atoms with Crippen molar-refractivity contribution in [3.8, 4) is 0 Å².